The topological polar surface area (TPSA) is 34.1 Å². The van der Waals surface area contributed by atoms with Gasteiger partial charge in [0.15, 0.2) is 5.78 Å². The van der Waals surface area contributed by atoms with Gasteiger partial charge in [-0.2, -0.15) is 0 Å². The van der Waals surface area contributed by atoms with E-state index in [9.17, 15) is 9.59 Å². The summed E-state index contributed by atoms with van der Waals surface area (Å²) in [4.78, 5) is 21.8. The van der Waals surface area contributed by atoms with Gasteiger partial charge >= 0.3 is 0 Å². The van der Waals surface area contributed by atoms with E-state index in [1.54, 1.807) is 6.08 Å². The smallest absolute Gasteiger partial charge is 0.155 e. The first-order chi connectivity index (χ1) is 6.15. The maximum atomic E-state index is 11.1. The predicted molar refractivity (Wildman–Crippen MR) is 52.8 cm³/mol. The van der Waals surface area contributed by atoms with E-state index in [1.165, 1.54) is 5.57 Å². The van der Waals surface area contributed by atoms with Gasteiger partial charge in [0.25, 0.3) is 0 Å². The van der Waals surface area contributed by atoms with Gasteiger partial charge in [0.1, 0.15) is 6.29 Å². The van der Waals surface area contributed by atoms with Crippen molar-refractivity contribution in [2.45, 2.75) is 30.0 Å². The minimum absolute atomic E-state index is 0.217. The summed E-state index contributed by atoms with van der Waals surface area (Å²) < 4.78 is -0.337. The minimum Gasteiger partial charge on any atom is -0.302 e. The van der Waals surface area contributed by atoms with Gasteiger partial charge in [-0.25, -0.2) is 0 Å². The number of aldehydes is 1. The number of alkyl halides is 1. The largest absolute Gasteiger partial charge is 0.302 e. The summed E-state index contributed by atoms with van der Waals surface area (Å²) in [5.41, 5.74) is 1.17. The van der Waals surface area contributed by atoms with Crippen LogP contribution in [0.25, 0.3) is 0 Å². The van der Waals surface area contributed by atoms with Gasteiger partial charge in [0, 0.05) is 12.3 Å². The third-order valence-corrected chi connectivity index (χ3v) is 3.88. The maximum Gasteiger partial charge on any atom is 0.155 e. The van der Waals surface area contributed by atoms with E-state index in [1.807, 2.05) is 0 Å². The first-order valence-corrected chi connectivity index (χ1v) is 5.33. The number of ketones is 1. The normalized spacial score (nSPS) is 38.4. The molecule has 0 saturated heterocycles. The van der Waals surface area contributed by atoms with E-state index in [0.717, 1.165) is 25.5 Å². The molecule has 0 amide bonds. The Bertz CT molecular complexity index is 295. The second-order valence-corrected chi connectivity index (χ2v) is 5.32. The molecule has 2 nitrogen and oxygen atoms in total. The Morgan fingerprint density at radius 1 is 1.54 bits per heavy atom. The lowest BCUT2D eigenvalue weighted by molar-refractivity contribution is -0.115. The van der Waals surface area contributed by atoms with Crippen LogP contribution in [0.3, 0.4) is 0 Å². The molecule has 2 atom stereocenters. The molecule has 70 valence electrons. The molecule has 0 aromatic carbocycles. The third-order valence-electron chi connectivity index (χ3n) is 2.81. The summed E-state index contributed by atoms with van der Waals surface area (Å²) in [6, 6.07) is 0. The zero-order valence-electron chi connectivity index (χ0n) is 7.25. The highest BCUT2D eigenvalue weighted by atomic mass is 79.9. The number of carbonyl (C=O) groups is 2. The molecule has 13 heavy (non-hydrogen) atoms. The Morgan fingerprint density at radius 2 is 2.31 bits per heavy atom. The summed E-state index contributed by atoms with van der Waals surface area (Å²) in [7, 11) is 0. The molecule has 0 heterocycles. The molecule has 0 N–H and O–H groups in total. The molecule has 0 radical (unpaired) electrons. The Morgan fingerprint density at radius 3 is 2.85 bits per heavy atom. The lowest BCUT2D eigenvalue weighted by atomic mass is 9.94. The van der Waals surface area contributed by atoms with Crippen LogP contribution >= 0.6 is 15.9 Å². The van der Waals surface area contributed by atoms with Crippen LogP contribution in [0.4, 0.5) is 0 Å². The first kappa shape index (κ1) is 9.13. The van der Waals surface area contributed by atoms with Crippen LogP contribution < -0.4 is 0 Å². The number of hydrogen-bond donors (Lipinski definition) is 0. The van der Waals surface area contributed by atoms with Gasteiger partial charge in [0.05, 0.1) is 4.32 Å². The van der Waals surface area contributed by atoms with E-state index >= 15 is 0 Å². The Balaban J connectivity index is 2.11. The van der Waals surface area contributed by atoms with E-state index in [0.29, 0.717) is 6.42 Å². The fourth-order valence-electron chi connectivity index (χ4n) is 1.92. The molecular weight excluding hydrogens is 232 g/mol. The zero-order chi connectivity index (χ0) is 9.47. The summed E-state index contributed by atoms with van der Waals surface area (Å²) in [5, 5.41) is 0. The van der Waals surface area contributed by atoms with Crippen LogP contribution in [0, 0.1) is 5.92 Å². The van der Waals surface area contributed by atoms with Crippen LogP contribution in [-0.2, 0) is 9.59 Å². The standard InChI is InChI=1S/C10H11BrO2/c11-10(6-12)5-9(10)7-2-1-3-8(13)4-7/h4,6,9H,1-3,5H2/t9-,10-/m0/s1. The Labute approximate surface area is 85.5 Å². The Hall–Kier alpha value is -0.440. The molecule has 0 aromatic heterocycles. The highest BCUT2D eigenvalue weighted by Gasteiger charge is 2.54. The lowest BCUT2D eigenvalue weighted by Crippen LogP contribution is -2.09. The van der Waals surface area contributed by atoms with Crippen LogP contribution in [0.5, 0.6) is 0 Å². The molecule has 2 aliphatic rings. The summed E-state index contributed by atoms with van der Waals surface area (Å²) in [6.07, 6.45) is 6.15. The molecule has 0 unspecified atom stereocenters. The third kappa shape index (κ3) is 1.62. The molecule has 3 heteroatoms. The monoisotopic (exact) mass is 242 g/mol. The second kappa shape index (κ2) is 3.05. The number of halogens is 1. The van der Waals surface area contributed by atoms with E-state index in [-0.39, 0.29) is 16.0 Å². The molecule has 1 fully saturated rings. The van der Waals surface area contributed by atoms with Gasteiger partial charge in [-0.05, 0) is 25.3 Å². The van der Waals surface area contributed by atoms with Crippen molar-refractivity contribution in [1.29, 1.82) is 0 Å². The SMILES string of the molecule is O=C[C@@]1(Br)C[C@H]1C1=CC(=O)CCC1. The molecule has 2 rings (SSSR count). The van der Waals surface area contributed by atoms with Gasteiger partial charge in [-0.1, -0.05) is 21.5 Å². The van der Waals surface area contributed by atoms with Crippen molar-refractivity contribution in [3.63, 3.8) is 0 Å². The number of rotatable bonds is 2. The molecule has 0 aliphatic heterocycles. The van der Waals surface area contributed by atoms with Crippen molar-refractivity contribution in [3.8, 4) is 0 Å². The molecule has 0 bridgehead atoms. The van der Waals surface area contributed by atoms with Crippen molar-refractivity contribution < 1.29 is 9.59 Å². The van der Waals surface area contributed by atoms with E-state index in [2.05, 4.69) is 15.9 Å². The van der Waals surface area contributed by atoms with Crippen LogP contribution in [-0.4, -0.2) is 16.4 Å². The fourth-order valence-corrected chi connectivity index (χ4v) is 2.53. The van der Waals surface area contributed by atoms with Gasteiger partial charge in [-0.15, -0.1) is 0 Å². The summed E-state index contributed by atoms with van der Waals surface area (Å²) in [5.74, 6) is 0.503. The average Bonchev–Trinajstić information content (AvgIpc) is 2.79. The fraction of sp³-hybridized carbons (Fsp3) is 0.600. The van der Waals surface area contributed by atoms with Crippen molar-refractivity contribution in [2.75, 3.05) is 0 Å². The number of hydrogen-bond acceptors (Lipinski definition) is 2. The van der Waals surface area contributed by atoms with Crippen molar-refractivity contribution in [1.82, 2.24) is 0 Å². The average molecular weight is 243 g/mol. The van der Waals surface area contributed by atoms with Crippen LogP contribution in [0.1, 0.15) is 25.7 Å². The lowest BCUT2D eigenvalue weighted by Gasteiger charge is -2.11. The van der Waals surface area contributed by atoms with E-state index < -0.39 is 0 Å². The van der Waals surface area contributed by atoms with Crippen molar-refractivity contribution in [2.24, 2.45) is 5.92 Å². The Kier molecular flexibility index (Phi) is 2.14. The second-order valence-electron chi connectivity index (χ2n) is 3.84. The molecular formula is C10H11BrO2. The zero-order valence-corrected chi connectivity index (χ0v) is 8.84. The molecule has 0 spiro atoms. The van der Waals surface area contributed by atoms with E-state index in [4.69, 9.17) is 0 Å². The molecule has 2 aliphatic carbocycles. The number of carbonyl (C=O) groups excluding carboxylic acids is 2. The summed E-state index contributed by atoms with van der Waals surface area (Å²) >= 11 is 3.39. The van der Waals surface area contributed by atoms with Crippen molar-refractivity contribution in [3.05, 3.63) is 11.6 Å². The summed E-state index contributed by atoms with van der Waals surface area (Å²) in [6.45, 7) is 0. The van der Waals surface area contributed by atoms with Gasteiger partial charge < -0.3 is 4.79 Å². The van der Waals surface area contributed by atoms with Crippen LogP contribution in [0.15, 0.2) is 11.6 Å². The highest BCUT2D eigenvalue weighted by molar-refractivity contribution is 9.10. The van der Waals surface area contributed by atoms with Crippen molar-refractivity contribution >= 4 is 28.0 Å². The van der Waals surface area contributed by atoms with Crippen LogP contribution in [0.2, 0.25) is 0 Å². The number of allylic oxidation sites excluding steroid dienone is 2. The molecule has 1 saturated carbocycles. The highest BCUT2D eigenvalue weighted by Crippen LogP contribution is 2.55. The van der Waals surface area contributed by atoms with Gasteiger partial charge in [-0.3, -0.25) is 4.79 Å². The van der Waals surface area contributed by atoms with Gasteiger partial charge in [0.2, 0.25) is 0 Å². The minimum atomic E-state index is -0.337. The maximum absolute atomic E-state index is 11.1. The quantitative estimate of drug-likeness (QED) is 0.549. The first-order valence-electron chi connectivity index (χ1n) is 4.54. The predicted octanol–water partition coefficient (Wildman–Crippen LogP) is 2.02. The molecule has 0 aromatic rings.